The molecule has 1 fully saturated rings. The number of benzene rings is 2. The van der Waals surface area contributed by atoms with Crippen LogP contribution in [0.2, 0.25) is 0 Å². The van der Waals surface area contributed by atoms with E-state index in [-0.39, 0.29) is 12.4 Å². The van der Waals surface area contributed by atoms with E-state index in [1.165, 1.54) is 17.1 Å². The Balaban J connectivity index is 1.29. The standard InChI is InChI=1S/C21H19NO3S2/c23-20(24-17-8-6-16(7-9-17)21-26-12-13-27-21)11-10-19-22-14-18(25-19)15-4-2-1-3-5-15/h1-9,14,21H,10-13H2. The van der Waals surface area contributed by atoms with E-state index in [0.717, 1.165) is 5.56 Å². The molecule has 3 aromatic rings. The predicted molar refractivity (Wildman–Crippen MR) is 110 cm³/mol. The van der Waals surface area contributed by atoms with E-state index in [2.05, 4.69) is 4.98 Å². The van der Waals surface area contributed by atoms with Crippen molar-refractivity contribution in [2.45, 2.75) is 17.4 Å². The highest BCUT2D eigenvalue weighted by molar-refractivity contribution is 8.19. The van der Waals surface area contributed by atoms with Crippen LogP contribution in [0, 0.1) is 0 Å². The van der Waals surface area contributed by atoms with Crippen LogP contribution in [0.25, 0.3) is 11.3 Å². The molecule has 0 saturated carbocycles. The number of hydrogen-bond acceptors (Lipinski definition) is 6. The minimum absolute atomic E-state index is 0.227. The number of rotatable bonds is 6. The first kappa shape index (κ1) is 18.2. The monoisotopic (exact) mass is 397 g/mol. The lowest BCUT2D eigenvalue weighted by Crippen LogP contribution is -2.09. The van der Waals surface area contributed by atoms with Gasteiger partial charge in [-0.3, -0.25) is 4.79 Å². The van der Waals surface area contributed by atoms with Crippen molar-refractivity contribution in [3.63, 3.8) is 0 Å². The third-order valence-electron chi connectivity index (χ3n) is 4.16. The van der Waals surface area contributed by atoms with Gasteiger partial charge in [-0.25, -0.2) is 4.98 Å². The summed E-state index contributed by atoms with van der Waals surface area (Å²) in [7, 11) is 0. The smallest absolute Gasteiger partial charge is 0.311 e. The molecule has 0 unspecified atom stereocenters. The van der Waals surface area contributed by atoms with E-state index in [4.69, 9.17) is 9.15 Å². The van der Waals surface area contributed by atoms with Gasteiger partial charge < -0.3 is 9.15 Å². The average molecular weight is 398 g/mol. The summed E-state index contributed by atoms with van der Waals surface area (Å²) < 4.78 is 11.6. The van der Waals surface area contributed by atoms with E-state index in [1.807, 2.05) is 78.1 Å². The van der Waals surface area contributed by atoms with Crippen LogP contribution in [-0.4, -0.2) is 22.5 Å². The second-order valence-electron chi connectivity index (χ2n) is 6.10. The maximum atomic E-state index is 12.1. The molecule has 4 nitrogen and oxygen atoms in total. The van der Waals surface area contributed by atoms with Crippen LogP contribution < -0.4 is 4.74 Å². The van der Waals surface area contributed by atoms with Crippen LogP contribution in [-0.2, 0) is 11.2 Å². The minimum atomic E-state index is -0.285. The largest absolute Gasteiger partial charge is 0.441 e. The Labute approximate surface area is 166 Å². The molecule has 0 amide bonds. The summed E-state index contributed by atoms with van der Waals surface area (Å²) in [5.74, 6) is 3.92. The fourth-order valence-corrected chi connectivity index (χ4v) is 5.66. The van der Waals surface area contributed by atoms with Crippen molar-refractivity contribution in [2.24, 2.45) is 0 Å². The summed E-state index contributed by atoms with van der Waals surface area (Å²) in [6.45, 7) is 0. The second-order valence-corrected chi connectivity index (χ2v) is 8.83. The molecule has 2 aromatic carbocycles. The first-order chi connectivity index (χ1) is 13.3. The van der Waals surface area contributed by atoms with Gasteiger partial charge in [0.05, 0.1) is 17.2 Å². The number of ether oxygens (including phenoxy) is 1. The Kier molecular flexibility index (Phi) is 5.84. The Morgan fingerprint density at radius 1 is 1.07 bits per heavy atom. The van der Waals surface area contributed by atoms with Gasteiger partial charge in [0, 0.05) is 23.5 Å². The molecule has 1 aromatic heterocycles. The number of hydrogen-bond donors (Lipinski definition) is 0. The number of carbonyl (C=O) groups excluding carboxylic acids is 1. The van der Waals surface area contributed by atoms with Crippen molar-refractivity contribution >= 4 is 29.5 Å². The quantitative estimate of drug-likeness (QED) is 0.412. The maximum absolute atomic E-state index is 12.1. The molecule has 138 valence electrons. The van der Waals surface area contributed by atoms with Gasteiger partial charge in [-0.2, -0.15) is 0 Å². The molecular formula is C21H19NO3S2. The lowest BCUT2D eigenvalue weighted by Gasteiger charge is -2.09. The molecule has 27 heavy (non-hydrogen) atoms. The average Bonchev–Trinajstić information content (AvgIpc) is 3.40. The molecule has 1 saturated heterocycles. The summed E-state index contributed by atoms with van der Waals surface area (Å²) in [5.41, 5.74) is 2.24. The van der Waals surface area contributed by atoms with E-state index in [1.54, 1.807) is 6.20 Å². The van der Waals surface area contributed by atoms with Gasteiger partial charge in [0.2, 0.25) is 0 Å². The predicted octanol–water partition coefficient (Wildman–Crippen LogP) is 5.36. The Bertz CT molecular complexity index is 887. The van der Waals surface area contributed by atoms with Crippen LogP contribution in [0.15, 0.2) is 65.2 Å². The van der Waals surface area contributed by atoms with Crippen molar-refractivity contribution in [1.29, 1.82) is 0 Å². The molecule has 0 aliphatic carbocycles. The lowest BCUT2D eigenvalue weighted by atomic mass is 10.2. The van der Waals surface area contributed by atoms with E-state index in [9.17, 15) is 4.79 Å². The molecule has 1 aliphatic heterocycles. The Morgan fingerprint density at radius 2 is 1.81 bits per heavy atom. The summed E-state index contributed by atoms with van der Waals surface area (Å²) in [6, 6.07) is 17.6. The van der Waals surface area contributed by atoms with Gasteiger partial charge in [-0.05, 0) is 17.7 Å². The number of carbonyl (C=O) groups is 1. The van der Waals surface area contributed by atoms with Gasteiger partial charge in [-0.1, -0.05) is 42.5 Å². The van der Waals surface area contributed by atoms with Gasteiger partial charge in [0.15, 0.2) is 11.7 Å². The number of thioether (sulfide) groups is 2. The van der Waals surface area contributed by atoms with Gasteiger partial charge in [0.25, 0.3) is 0 Å². The molecule has 6 heteroatoms. The molecular weight excluding hydrogens is 378 g/mol. The zero-order valence-electron chi connectivity index (χ0n) is 14.7. The maximum Gasteiger partial charge on any atom is 0.311 e. The minimum Gasteiger partial charge on any atom is -0.441 e. The Morgan fingerprint density at radius 3 is 2.56 bits per heavy atom. The van der Waals surface area contributed by atoms with Crippen molar-refractivity contribution in [3.8, 4) is 17.1 Å². The van der Waals surface area contributed by atoms with E-state index >= 15 is 0 Å². The lowest BCUT2D eigenvalue weighted by molar-refractivity contribution is -0.134. The van der Waals surface area contributed by atoms with Crippen LogP contribution in [0.1, 0.15) is 22.5 Å². The summed E-state index contributed by atoms with van der Waals surface area (Å²) in [6.07, 6.45) is 2.33. The van der Waals surface area contributed by atoms with Crippen LogP contribution in [0.3, 0.4) is 0 Å². The van der Waals surface area contributed by atoms with Crippen LogP contribution in [0.5, 0.6) is 5.75 Å². The molecule has 2 heterocycles. The number of aryl methyl sites for hydroxylation is 1. The SMILES string of the molecule is O=C(CCc1ncc(-c2ccccc2)o1)Oc1ccc(C2SCCS2)cc1. The van der Waals surface area contributed by atoms with Gasteiger partial charge >= 0.3 is 5.97 Å². The Hall–Kier alpha value is -2.18. The highest BCUT2D eigenvalue weighted by Gasteiger charge is 2.18. The number of nitrogens with zero attached hydrogens (tertiary/aromatic N) is 1. The topological polar surface area (TPSA) is 52.3 Å². The fraction of sp³-hybridized carbons (Fsp3) is 0.238. The second kappa shape index (κ2) is 8.67. The zero-order valence-corrected chi connectivity index (χ0v) is 16.3. The zero-order chi connectivity index (χ0) is 18.5. The molecule has 4 rings (SSSR count). The highest BCUT2D eigenvalue weighted by Crippen LogP contribution is 2.45. The van der Waals surface area contributed by atoms with E-state index < -0.39 is 0 Å². The molecule has 1 aliphatic rings. The number of esters is 1. The summed E-state index contributed by atoms with van der Waals surface area (Å²) in [4.78, 5) is 16.4. The molecule has 0 atom stereocenters. The molecule has 0 radical (unpaired) electrons. The number of aromatic nitrogens is 1. The van der Waals surface area contributed by atoms with E-state index in [0.29, 0.717) is 28.4 Å². The first-order valence-electron chi connectivity index (χ1n) is 8.82. The van der Waals surface area contributed by atoms with Gasteiger partial charge in [0.1, 0.15) is 5.75 Å². The third kappa shape index (κ3) is 4.76. The third-order valence-corrected chi connectivity index (χ3v) is 7.26. The first-order valence-corrected chi connectivity index (χ1v) is 10.9. The number of oxazole rings is 1. The summed E-state index contributed by atoms with van der Waals surface area (Å²) in [5, 5.41) is 0. The summed E-state index contributed by atoms with van der Waals surface area (Å²) >= 11 is 3.92. The van der Waals surface area contributed by atoms with Crippen molar-refractivity contribution in [1.82, 2.24) is 4.98 Å². The normalized spacial score (nSPS) is 14.4. The molecule has 0 N–H and O–H groups in total. The van der Waals surface area contributed by atoms with Crippen molar-refractivity contribution in [2.75, 3.05) is 11.5 Å². The molecule has 0 bridgehead atoms. The van der Waals surface area contributed by atoms with Crippen LogP contribution in [0.4, 0.5) is 0 Å². The van der Waals surface area contributed by atoms with Crippen LogP contribution >= 0.6 is 23.5 Å². The van der Waals surface area contributed by atoms with Crippen molar-refractivity contribution < 1.29 is 13.9 Å². The van der Waals surface area contributed by atoms with Crippen molar-refractivity contribution in [3.05, 3.63) is 72.2 Å². The van der Waals surface area contributed by atoms with Gasteiger partial charge in [-0.15, -0.1) is 23.5 Å². The molecule has 0 spiro atoms. The highest BCUT2D eigenvalue weighted by atomic mass is 32.2. The fourth-order valence-electron chi connectivity index (χ4n) is 2.80.